The van der Waals surface area contributed by atoms with Crippen LogP contribution in [0.4, 0.5) is 0 Å². The van der Waals surface area contributed by atoms with Crippen molar-refractivity contribution in [2.45, 2.75) is 71.1 Å². The van der Waals surface area contributed by atoms with Gasteiger partial charge in [0.2, 0.25) is 0 Å². The fourth-order valence-electron chi connectivity index (χ4n) is 3.10. The first-order chi connectivity index (χ1) is 7.64. The Balaban J connectivity index is 2.89. The number of hydrogen-bond acceptors (Lipinski definition) is 3. The minimum absolute atomic E-state index is 0.0913. The van der Waals surface area contributed by atoms with Gasteiger partial charge in [0.25, 0.3) is 0 Å². The van der Waals surface area contributed by atoms with E-state index in [0.29, 0.717) is 6.54 Å². The Morgan fingerprint density at radius 1 is 1.18 bits per heavy atom. The normalized spacial score (nSPS) is 27.7. The number of rotatable bonds is 4. The van der Waals surface area contributed by atoms with E-state index in [0.717, 1.165) is 19.5 Å². The molecule has 1 aliphatic rings. The molecule has 3 nitrogen and oxygen atoms in total. The smallest absolute Gasteiger partial charge is 0.0761 e. The predicted molar refractivity (Wildman–Crippen MR) is 73.2 cm³/mol. The zero-order chi connectivity index (χ0) is 13.3. The van der Waals surface area contributed by atoms with Gasteiger partial charge in [0.1, 0.15) is 0 Å². The highest BCUT2D eigenvalue weighted by Gasteiger charge is 2.43. The maximum Gasteiger partial charge on any atom is 0.0761 e. The van der Waals surface area contributed by atoms with E-state index in [1.807, 2.05) is 0 Å². The van der Waals surface area contributed by atoms with Crippen molar-refractivity contribution in [3.63, 3.8) is 0 Å². The van der Waals surface area contributed by atoms with Crippen LogP contribution in [0.1, 0.15) is 54.4 Å². The summed E-state index contributed by atoms with van der Waals surface area (Å²) in [6, 6.07) is 0. The van der Waals surface area contributed by atoms with E-state index < -0.39 is 0 Å². The third-order valence-electron chi connectivity index (χ3n) is 3.69. The quantitative estimate of drug-likeness (QED) is 0.822. The summed E-state index contributed by atoms with van der Waals surface area (Å²) < 4.78 is 6.13. The van der Waals surface area contributed by atoms with Crippen LogP contribution in [0.15, 0.2) is 0 Å². The van der Waals surface area contributed by atoms with Gasteiger partial charge in [-0.1, -0.05) is 13.3 Å². The summed E-state index contributed by atoms with van der Waals surface area (Å²) in [5, 5.41) is 0. The standard InChI is InChI=1S/C14H30N2O/c1-7-8-14(6,9-15)16-10-12(2,3)17-13(4,5)11-16/h7-11,15H2,1-6H3. The monoisotopic (exact) mass is 242 g/mol. The molecule has 1 fully saturated rings. The molecule has 0 aliphatic carbocycles. The van der Waals surface area contributed by atoms with E-state index in [2.05, 4.69) is 46.4 Å². The fraction of sp³-hybridized carbons (Fsp3) is 1.00. The van der Waals surface area contributed by atoms with Crippen molar-refractivity contribution in [3.8, 4) is 0 Å². The SMILES string of the molecule is CCCC(C)(CN)N1CC(C)(C)OC(C)(C)C1. The first-order valence-electron chi connectivity index (χ1n) is 6.79. The molecule has 0 aromatic carbocycles. The highest BCUT2D eigenvalue weighted by molar-refractivity contribution is 4.97. The van der Waals surface area contributed by atoms with Crippen molar-refractivity contribution in [2.24, 2.45) is 5.73 Å². The van der Waals surface area contributed by atoms with Gasteiger partial charge in [0.15, 0.2) is 0 Å². The predicted octanol–water partition coefficient (Wildman–Crippen LogP) is 2.39. The van der Waals surface area contributed by atoms with Gasteiger partial charge in [0, 0.05) is 25.2 Å². The molecule has 1 heterocycles. The second-order valence-corrected chi connectivity index (χ2v) is 6.93. The second kappa shape index (κ2) is 4.87. The van der Waals surface area contributed by atoms with Crippen molar-refractivity contribution in [1.29, 1.82) is 0 Å². The molecule has 0 aromatic rings. The van der Waals surface area contributed by atoms with Crippen LogP contribution < -0.4 is 5.73 Å². The zero-order valence-electron chi connectivity index (χ0n) is 12.5. The molecular weight excluding hydrogens is 212 g/mol. The minimum Gasteiger partial charge on any atom is -0.367 e. The lowest BCUT2D eigenvalue weighted by molar-refractivity contribution is -0.198. The van der Waals surface area contributed by atoms with Crippen LogP contribution in [-0.2, 0) is 4.74 Å². The summed E-state index contributed by atoms with van der Waals surface area (Å²) in [7, 11) is 0. The Morgan fingerprint density at radius 3 is 2.00 bits per heavy atom. The van der Waals surface area contributed by atoms with Crippen molar-refractivity contribution in [2.75, 3.05) is 19.6 Å². The van der Waals surface area contributed by atoms with E-state index in [-0.39, 0.29) is 16.7 Å². The van der Waals surface area contributed by atoms with E-state index >= 15 is 0 Å². The third kappa shape index (κ3) is 3.67. The summed E-state index contributed by atoms with van der Waals surface area (Å²) in [4.78, 5) is 2.53. The Labute approximate surface area is 107 Å². The lowest BCUT2D eigenvalue weighted by Crippen LogP contribution is -2.65. The van der Waals surface area contributed by atoms with Gasteiger partial charge < -0.3 is 10.5 Å². The number of ether oxygens (including phenoxy) is 1. The average molecular weight is 242 g/mol. The van der Waals surface area contributed by atoms with Crippen LogP contribution in [0.5, 0.6) is 0 Å². The highest BCUT2D eigenvalue weighted by atomic mass is 16.5. The Hall–Kier alpha value is -0.120. The Morgan fingerprint density at radius 2 is 1.65 bits per heavy atom. The lowest BCUT2D eigenvalue weighted by atomic mass is 9.88. The van der Waals surface area contributed by atoms with Crippen molar-refractivity contribution in [1.82, 2.24) is 4.90 Å². The van der Waals surface area contributed by atoms with Crippen LogP contribution in [0.3, 0.4) is 0 Å². The van der Waals surface area contributed by atoms with E-state index in [1.54, 1.807) is 0 Å². The first-order valence-corrected chi connectivity index (χ1v) is 6.79. The molecule has 1 saturated heterocycles. The number of nitrogens with two attached hydrogens (primary N) is 1. The number of nitrogens with zero attached hydrogens (tertiary/aromatic N) is 1. The number of morpholine rings is 1. The van der Waals surface area contributed by atoms with Gasteiger partial charge in [-0.2, -0.15) is 0 Å². The van der Waals surface area contributed by atoms with Crippen LogP contribution in [-0.4, -0.2) is 41.3 Å². The molecular formula is C14H30N2O. The molecule has 0 radical (unpaired) electrons. The first kappa shape index (κ1) is 14.9. The maximum absolute atomic E-state index is 6.13. The molecule has 0 amide bonds. The minimum atomic E-state index is -0.0913. The molecule has 3 heteroatoms. The van der Waals surface area contributed by atoms with Crippen molar-refractivity contribution < 1.29 is 4.74 Å². The van der Waals surface area contributed by atoms with E-state index in [1.165, 1.54) is 6.42 Å². The summed E-state index contributed by atoms with van der Waals surface area (Å²) >= 11 is 0. The molecule has 17 heavy (non-hydrogen) atoms. The van der Waals surface area contributed by atoms with Crippen LogP contribution in [0.25, 0.3) is 0 Å². The maximum atomic E-state index is 6.13. The van der Waals surface area contributed by atoms with Crippen LogP contribution in [0, 0.1) is 0 Å². The molecule has 0 spiro atoms. The molecule has 0 bridgehead atoms. The average Bonchev–Trinajstić information content (AvgIpc) is 2.13. The van der Waals surface area contributed by atoms with Crippen molar-refractivity contribution >= 4 is 0 Å². The summed E-state index contributed by atoms with van der Waals surface area (Å²) in [5.74, 6) is 0. The van der Waals surface area contributed by atoms with Gasteiger partial charge in [0.05, 0.1) is 11.2 Å². The van der Waals surface area contributed by atoms with Crippen LogP contribution >= 0.6 is 0 Å². The molecule has 1 unspecified atom stereocenters. The van der Waals surface area contributed by atoms with Crippen molar-refractivity contribution in [3.05, 3.63) is 0 Å². The number of hydrogen-bond donors (Lipinski definition) is 1. The topological polar surface area (TPSA) is 38.5 Å². The molecule has 0 saturated carbocycles. The molecule has 1 atom stereocenters. The van der Waals surface area contributed by atoms with Gasteiger partial charge in [-0.05, 0) is 41.0 Å². The molecule has 0 aromatic heterocycles. The van der Waals surface area contributed by atoms with Gasteiger partial charge in [-0.25, -0.2) is 0 Å². The van der Waals surface area contributed by atoms with E-state index in [4.69, 9.17) is 10.5 Å². The zero-order valence-corrected chi connectivity index (χ0v) is 12.5. The van der Waals surface area contributed by atoms with Gasteiger partial charge >= 0.3 is 0 Å². The molecule has 1 aliphatic heterocycles. The lowest BCUT2D eigenvalue weighted by Gasteiger charge is -2.53. The highest BCUT2D eigenvalue weighted by Crippen LogP contribution is 2.33. The summed E-state index contributed by atoms with van der Waals surface area (Å²) in [6.07, 6.45) is 2.32. The summed E-state index contributed by atoms with van der Waals surface area (Å²) in [5.41, 5.74) is 5.94. The van der Waals surface area contributed by atoms with Gasteiger partial charge in [-0.3, -0.25) is 4.90 Å². The molecule has 1 rings (SSSR count). The Kier molecular flexibility index (Phi) is 4.28. The largest absolute Gasteiger partial charge is 0.367 e. The Bertz CT molecular complexity index is 247. The van der Waals surface area contributed by atoms with E-state index in [9.17, 15) is 0 Å². The molecule has 102 valence electrons. The third-order valence-corrected chi connectivity index (χ3v) is 3.69. The van der Waals surface area contributed by atoms with Crippen LogP contribution in [0.2, 0.25) is 0 Å². The molecule has 2 N–H and O–H groups in total. The summed E-state index contributed by atoms with van der Waals surface area (Å²) in [6.45, 7) is 15.8. The van der Waals surface area contributed by atoms with Gasteiger partial charge in [-0.15, -0.1) is 0 Å². The fourth-order valence-corrected chi connectivity index (χ4v) is 3.10. The second-order valence-electron chi connectivity index (χ2n) is 6.93.